The van der Waals surface area contributed by atoms with E-state index in [1.165, 1.54) is 18.2 Å². The van der Waals surface area contributed by atoms with Crippen LogP contribution in [0.1, 0.15) is 43.0 Å². The summed E-state index contributed by atoms with van der Waals surface area (Å²) in [5, 5.41) is 21.9. The fraction of sp³-hybridized carbons (Fsp3) is 0.500. The van der Waals surface area contributed by atoms with Gasteiger partial charge in [0.25, 0.3) is 5.91 Å². The van der Waals surface area contributed by atoms with Gasteiger partial charge in [0, 0.05) is 6.04 Å². The molecule has 0 aromatic heterocycles. The molecular formula is C14H19NO3. The van der Waals surface area contributed by atoms with E-state index in [1.54, 1.807) is 0 Å². The Morgan fingerprint density at radius 2 is 1.89 bits per heavy atom. The first-order valence-electron chi connectivity index (χ1n) is 6.39. The minimum Gasteiger partial charge on any atom is -0.508 e. The van der Waals surface area contributed by atoms with Crippen molar-refractivity contribution in [3.8, 4) is 11.5 Å². The zero-order valence-electron chi connectivity index (χ0n) is 10.5. The number of carbonyl (C=O) groups is 1. The van der Waals surface area contributed by atoms with E-state index in [9.17, 15) is 15.0 Å². The predicted octanol–water partition coefficient (Wildman–Crippen LogP) is 2.41. The number of nitrogens with one attached hydrogen (secondary N) is 1. The number of amides is 1. The Morgan fingerprint density at radius 3 is 2.56 bits per heavy atom. The van der Waals surface area contributed by atoms with E-state index in [1.807, 2.05) is 0 Å². The highest BCUT2D eigenvalue weighted by Gasteiger charge is 2.21. The zero-order valence-corrected chi connectivity index (χ0v) is 10.5. The van der Waals surface area contributed by atoms with Crippen LogP contribution in [-0.2, 0) is 0 Å². The van der Waals surface area contributed by atoms with Gasteiger partial charge in [-0.2, -0.15) is 0 Å². The Bertz CT molecular complexity index is 437. The molecule has 1 fully saturated rings. The lowest BCUT2D eigenvalue weighted by Gasteiger charge is -2.27. The van der Waals surface area contributed by atoms with Gasteiger partial charge in [0.15, 0.2) is 0 Å². The van der Waals surface area contributed by atoms with Crippen molar-refractivity contribution in [1.82, 2.24) is 5.32 Å². The number of benzene rings is 1. The number of hydrogen-bond donors (Lipinski definition) is 3. The van der Waals surface area contributed by atoms with Crippen molar-refractivity contribution in [3.63, 3.8) is 0 Å². The maximum Gasteiger partial charge on any atom is 0.255 e. The van der Waals surface area contributed by atoms with Gasteiger partial charge in [-0.15, -0.1) is 0 Å². The summed E-state index contributed by atoms with van der Waals surface area (Å²) in [5.41, 5.74) is 0.133. The van der Waals surface area contributed by atoms with E-state index in [-0.39, 0.29) is 29.0 Å². The highest BCUT2D eigenvalue weighted by atomic mass is 16.3. The average Bonchev–Trinajstić information content (AvgIpc) is 2.35. The molecule has 1 saturated carbocycles. The minimum atomic E-state index is -0.317. The lowest BCUT2D eigenvalue weighted by molar-refractivity contribution is 0.0920. The summed E-state index contributed by atoms with van der Waals surface area (Å²) in [5.74, 6) is 0.292. The Balaban J connectivity index is 2.01. The Kier molecular flexibility index (Phi) is 3.75. The Labute approximate surface area is 107 Å². The Morgan fingerprint density at radius 1 is 1.22 bits per heavy atom. The van der Waals surface area contributed by atoms with Crippen molar-refractivity contribution in [2.45, 2.75) is 38.6 Å². The van der Waals surface area contributed by atoms with Gasteiger partial charge < -0.3 is 15.5 Å². The van der Waals surface area contributed by atoms with E-state index in [0.29, 0.717) is 0 Å². The van der Waals surface area contributed by atoms with Crippen LogP contribution in [0.4, 0.5) is 0 Å². The largest absolute Gasteiger partial charge is 0.508 e. The fourth-order valence-electron chi connectivity index (χ4n) is 2.37. The third-order valence-corrected chi connectivity index (χ3v) is 3.58. The molecule has 2 rings (SSSR count). The molecule has 0 heterocycles. The van der Waals surface area contributed by atoms with Crippen molar-refractivity contribution in [2.24, 2.45) is 5.92 Å². The Hall–Kier alpha value is -1.71. The summed E-state index contributed by atoms with van der Waals surface area (Å²) in [6, 6.07) is 4.15. The molecule has 1 amide bonds. The molecule has 18 heavy (non-hydrogen) atoms. The maximum atomic E-state index is 12.0. The highest BCUT2D eigenvalue weighted by molar-refractivity contribution is 5.97. The molecule has 1 aliphatic rings. The number of rotatable bonds is 2. The van der Waals surface area contributed by atoms with Crippen molar-refractivity contribution < 1.29 is 15.0 Å². The topological polar surface area (TPSA) is 69.6 Å². The van der Waals surface area contributed by atoms with Gasteiger partial charge in [-0.3, -0.25) is 4.79 Å². The third-order valence-electron chi connectivity index (χ3n) is 3.58. The lowest BCUT2D eigenvalue weighted by atomic mass is 9.87. The predicted molar refractivity (Wildman–Crippen MR) is 68.7 cm³/mol. The molecular weight excluding hydrogens is 230 g/mol. The summed E-state index contributed by atoms with van der Waals surface area (Å²) in [7, 11) is 0. The first-order chi connectivity index (χ1) is 8.56. The van der Waals surface area contributed by atoms with Gasteiger partial charge in [-0.25, -0.2) is 0 Å². The quantitative estimate of drug-likeness (QED) is 0.705. The zero-order chi connectivity index (χ0) is 13.1. The van der Waals surface area contributed by atoms with Crippen LogP contribution in [0, 0.1) is 5.92 Å². The minimum absolute atomic E-state index is 0.0183. The van der Waals surface area contributed by atoms with Crippen molar-refractivity contribution in [2.75, 3.05) is 0 Å². The van der Waals surface area contributed by atoms with E-state index >= 15 is 0 Å². The molecule has 0 saturated heterocycles. The summed E-state index contributed by atoms with van der Waals surface area (Å²) in [6.45, 7) is 2.22. The van der Waals surface area contributed by atoms with Crippen LogP contribution < -0.4 is 5.32 Å². The van der Waals surface area contributed by atoms with Gasteiger partial charge in [0.2, 0.25) is 0 Å². The van der Waals surface area contributed by atoms with Crippen LogP contribution in [0.15, 0.2) is 18.2 Å². The molecule has 4 heteroatoms. The van der Waals surface area contributed by atoms with E-state index in [0.717, 1.165) is 31.6 Å². The van der Waals surface area contributed by atoms with Crippen molar-refractivity contribution in [3.05, 3.63) is 23.8 Å². The molecule has 0 bridgehead atoms. The summed E-state index contributed by atoms with van der Waals surface area (Å²) < 4.78 is 0. The fourth-order valence-corrected chi connectivity index (χ4v) is 2.37. The van der Waals surface area contributed by atoms with Gasteiger partial charge in [0.05, 0.1) is 5.56 Å². The van der Waals surface area contributed by atoms with Crippen molar-refractivity contribution >= 4 is 5.91 Å². The number of hydrogen-bond acceptors (Lipinski definition) is 3. The molecule has 0 aliphatic heterocycles. The van der Waals surface area contributed by atoms with Gasteiger partial charge in [0.1, 0.15) is 11.5 Å². The molecule has 4 nitrogen and oxygen atoms in total. The molecule has 1 aromatic rings. The average molecular weight is 249 g/mol. The van der Waals surface area contributed by atoms with E-state index < -0.39 is 0 Å². The highest BCUT2D eigenvalue weighted by Crippen LogP contribution is 2.25. The standard InChI is InChI=1S/C14H19NO3/c1-9-2-4-10(5-3-9)15-14(18)12-8-11(16)6-7-13(12)17/h6-10,16-17H,2-5H2,1H3,(H,15,18). The molecule has 0 radical (unpaired) electrons. The smallest absolute Gasteiger partial charge is 0.255 e. The molecule has 0 spiro atoms. The lowest BCUT2D eigenvalue weighted by Crippen LogP contribution is -2.37. The SMILES string of the molecule is CC1CCC(NC(=O)c2cc(O)ccc2O)CC1. The first kappa shape index (κ1) is 12.7. The van der Waals surface area contributed by atoms with Gasteiger partial charge >= 0.3 is 0 Å². The molecule has 98 valence electrons. The second kappa shape index (κ2) is 5.29. The second-order valence-electron chi connectivity index (χ2n) is 5.13. The molecule has 0 atom stereocenters. The number of phenolic OH excluding ortho intramolecular Hbond substituents is 2. The van der Waals surface area contributed by atoms with Crippen molar-refractivity contribution in [1.29, 1.82) is 0 Å². The monoisotopic (exact) mass is 249 g/mol. The van der Waals surface area contributed by atoms with Crippen LogP contribution in [0.2, 0.25) is 0 Å². The third kappa shape index (κ3) is 2.94. The molecule has 0 unspecified atom stereocenters. The molecule has 3 N–H and O–H groups in total. The van der Waals surface area contributed by atoms with Crippen LogP contribution in [0.25, 0.3) is 0 Å². The normalized spacial score (nSPS) is 23.6. The second-order valence-corrected chi connectivity index (χ2v) is 5.13. The number of phenols is 2. The molecule has 1 aliphatic carbocycles. The van der Waals surface area contributed by atoms with Crippen LogP contribution in [-0.4, -0.2) is 22.2 Å². The van der Waals surface area contributed by atoms with Gasteiger partial charge in [-0.05, 0) is 49.8 Å². The van der Waals surface area contributed by atoms with E-state index in [2.05, 4.69) is 12.2 Å². The first-order valence-corrected chi connectivity index (χ1v) is 6.39. The van der Waals surface area contributed by atoms with Crippen LogP contribution in [0.5, 0.6) is 11.5 Å². The molecule has 1 aromatic carbocycles. The number of aromatic hydroxyl groups is 2. The van der Waals surface area contributed by atoms with Gasteiger partial charge in [-0.1, -0.05) is 6.92 Å². The maximum absolute atomic E-state index is 12.0. The summed E-state index contributed by atoms with van der Waals surface area (Å²) in [6.07, 6.45) is 4.20. The summed E-state index contributed by atoms with van der Waals surface area (Å²) in [4.78, 5) is 12.0. The summed E-state index contributed by atoms with van der Waals surface area (Å²) >= 11 is 0. The van der Waals surface area contributed by atoms with Crippen LogP contribution >= 0.6 is 0 Å². The number of carbonyl (C=O) groups excluding carboxylic acids is 1. The van der Waals surface area contributed by atoms with E-state index in [4.69, 9.17) is 0 Å². The van der Waals surface area contributed by atoms with Crippen LogP contribution in [0.3, 0.4) is 0 Å².